The molecule has 0 aliphatic heterocycles. The fourth-order valence-corrected chi connectivity index (χ4v) is 1.91. The van der Waals surface area contributed by atoms with Crippen LogP contribution in [0.3, 0.4) is 0 Å². The lowest BCUT2D eigenvalue weighted by atomic mass is 10.2. The van der Waals surface area contributed by atoms with E-state index in [1.165, 1.54) is 0 Å². The molecule has 0 radical (unpaired) electrons. The molecule has 1 amide bonds. The molecule has 0 saturated heterocycles. The molecule has 2 nitrogen and oxygen atoms in total. The number of rotatable bonds is 4. The van der Waals surface area contributed by atoms with Crippen LogP contribution in [0.25, 0.3) is 0 Å². The van der Waals surface area contributed by atoms with Crippen LogP contribution >= 0.6 is 11.6 Å². The number of hydrogen-bond donors (Lipinski definition) is 0. The van der Waals surface area contributed by atoms with Gasteiger partial charge in [0, 0.05) is 13.1 Å². The van der Waals surface area contributed by atoms with Gasteiger partial charge in [-0.2, -0.15) is 0 Å². The largest absolute Gasteiger partial charge is 0.321 e. The fraction of sp³-hybridized carbons (Fsp3) is 0.133. The van der Waals surface area contributed by atoms with E-state index in [0.29, 0.717) is 13.1 Å². The molecule has 0 heterocycles. The Bertz CT molecular complexity index is 457. The molecule has 2 rings (SSSR count). The van der Waals surface area contributed by atoms with Gasteiger partial charge in [0.05, 0.1) is 0 Å². The van der Waals surface area contributed by atoms with Crippen molar-refractivity contribution in [1.29, 1.82) is 0 Å². The first-order chi connectivity index (χ1) is 8.75. The number of amides is 1. The van der Waals surface area contributed by atoms with Gasteiger partial charge in [-0.25, -0.2) is 0 Å². The van der Waals surface area contributed by atoms with Crippen molar-refractivity contribution in [1.82, 2.24) is 4.90 Å². The third kappa shape index (κ3) is 3.60. The molecule has 3 heteroatoms. The van der Waals surface area contributed by atoms with Gasteiger partial charge < -0.3 is 4.90 Å². The Labute approximate surface area is 112 Å². The average molecular weight is 260 g/mol. The van der Waals surface area contributed by atoms with Crippen LogP contribution in [-0.2, 0) is 13.1 Å². The lowest BCUT2D eigenvalue weighted by Crippen LogP contribution is -2.25. The van der Waals surface area contributed by atoms with Crippen molar-refractivity contribution >= 4 is 17.0 Å². The topological polar surface area (TPSA) is 20.3 Å². The summed E-state index contributed by atoms with van der Waals surface area (Å²) in [5.41, 5.74) is 2.14. The number of hydrogen-bond acceptors (Lipinski definition) is 1. The Balaban J connectivity index is 2.08. The molecule has 0 saturated carbocycles. The Morgan fingerprint density at radius 3 is 1.56 bits per heavy atom. The number of carbonyl (C=O) groups excluding carboxylic acids is 1. The van der Waals surface area contributed by atoms with E-state index in [2.05, 4.69) is 0 Å². The summed E-state index contributed by atoms with van der Waals surface area (Å²) in [4.78, 5) is 13.1. The lowest BCUT2D eigenvalue weighted by molar-refractivity contribution is 0.216. The Hall–Kier alpha value is -1.80. The zero-order valence-electron chi connectivity index (χ0n) is 9.92. The summed E-state index contributed by atoms with van der Waals surface area (Å²) in [6, 6.07) is 19.7. The summed E-state index contributed by atoms with van der Waals surface area (Å²) >= 11 is 5.63. The molecule has 0 bridgehead atoms. The van der Waals surface area contributed by atoms with Gasteiger partial charge in [0.25, 0.3) is 0 Å². The van der Waals surface area contributed by atoms with Gasteiger partial charge in [-0.15, -0.1) is 0 Å². The van der Waals surface area contributed by atoms with E-state index in [1.807, 2.05) is 60.7 Å². The summed E-state index contributed by atoms with van der Waals surface area (Å²) in [6.07, 6.45) is 0. The second-order valence-electron chi connectivity index (χ2n) is 4.08. The molecular formula is C15H14ClNO. The lowest BCUT2D eigenvalue weighted by Gasteiger charge is -2.19. The van der Waals surface area contributed by atoms with Crippen molar-refractivity contribution in [2.45, 2.75) is 13.1 Å². The molecule has 0 spiro atoms. The van der Waals surface area contributed by atoms with Gasteiger partial charge in [-0.05, 0) is 22.7 Å². The molecule has 0 unspecified atom stereocenters. The minimum Gasteiger partial charge on any atom is -0.321 e. The highest BCUT2D eigenvalue weighted by atomic mass is 35.5. The minimum atomic E-state index is -0.428. The number of nitrogens with zero attached hydrogens (tertiary/aromatic N) is 1. The van der Waals surface area contributed by atoms with Crippen LogP contribution in [0, 0.1) is 0 Å². The van der Waals surface area contributed by atoms with Crippen molar-refractivity contribution in [3.63, 3.8) is 0 Å². The molecule has 0 atom stereocenters. The van der Waals surface area contributed by atoms with E-state index in [-0.39, 0.29) is 0 Å². The standard InChI is InChI=1S/C15H14ClNO/c16-15(18)17(11-13-7-3-1-4-8-13)12-14-9-5-2-6-10-14/h1-10H,11-12H2. The third-order valence-corrected chi connectivity index (χ3v) is 2.92. The molecule has 0 N–H and O–H groups in total. The van der Waals surface area contributed by atoms with E-state index < -0.39 is 5.37 Å². The van der Waals surface area contributed by atoms with Gasteiger partial charge >= 0.3 is 5.37 Å². The molecule has 0 aliphatic rings. The second-order valence-corrected chi connectivity index (χ2v) is 4.40. The van der Waals surface area contributed by atoms with Crippen LogP contribution in [0.1, 0.15) is 11.1 Å². The van der Waals surface area contributed by atoms with E-state index in [4.69, 9.17) is 11.6 Å². The Kier molecular flexibility index (Phi) is 4.37. The van der Waals surface area contributed by atoms with Gasteiger partial charge in [-0.1, -0.05) is 60.7 Å². The van der Waals surface area contributed by atoms with E-state index >= 15 is 0 Å². The summed E-state index contributed by atoms with van der Waals surface area (Å²) in [6.45, 7) is 1.05. The molecule has 2 aromatic carbocycles. The smallest absolute Gasteiger partial charge is 0.316 e. The highest BCUT2D eigenvalue weighted by Crippen LogP contribution is 2.12. The molecule has 18 heavy (non-hydrogen) atoms. The zero-order chi connectivity index (χ0) is 12.8. The number of halogens is 1. The SMILES string of the molecule is O=C(Cl)N(Cc1ccccc1)Cc1ccccc1. The quantitative estimate of drug-likeness (QED) is 0.599. The predicted molar refractivity (Wildman–Crippen MR) is 73.4 cm³/mol. The van der Waals surface area contributed by atoms with Crippen LogP contribution in [0.4, 0.5) is 4.79 Å². The maximum absolute atomic E-state index is 11.4. The summed E-state index contributed by atoms with van der Waals surface area (Å²) in [7, 11) is 0. The second kappa shape index (κ2) is 6.22. The molecule has 0 fully saturated rings. The van der Waals surface area contributed by atoms with Crippen LogP contribution in [0.15, 0.2) is 60.7 Å². The summed E-state index contributed by atoms with van der Waals surface area (Å²) < 4.78 is 0. The summed E-state index contributed by atoms with van der Waals surface area (Å²) in [5, 5.41) is -0.428. The van der Waals surface area contributed by atoms with Crippen molar-refractivity contribution in [3.05, 3.63) is 71.8 Å². The maximum Gasteiger partial charge on any atom is 0.316 e. The molecule has 0 aliphatic carbocycles. The van der Waals surface area contributed by atoms with E-state index in [9.17, 15) is 4.79 Å². The average Bonchev–Trinajstić information content (AvgIpc) is 2.40. The van der Waals surface area contributed by atoms with Crippen molar-refractivity contribution < 1.29 is 4.79 Å². The summed E-state index contributed by atoms with van der Waals surface area (Å²) in [5.74, 6) is 0. The Morgan fingerprint density at radius 2 is 1.22 bits per heavy atom. The first-order valence-corrected chi connectivity index (χ1v) is 6.16. The highest BCUT2D eigenvalue weighted by Gasteiger charge is 2.11. The van der Waals surface area contributed by atoms with Gasteiger partial charge in [0.2, 0.25) is 0 Å². The number of benzene rings is 2. The van der Waals surface area contributed by atoms with Crippen molar-refractivity contribution in [2.24, 2.45) is 0 Å². The van der Waals surface area contributed by atoms with Crippen LogP contribution < -0.4 is 0 Å². The normalized spacial score (nSPS) is 10.1. The van der Waals surface area contributed by atoms with Crippen LogP contribution in [0.5, 0.6) is 0 Å². The predicted octanol–water partition coefficient (Wildman–Crippen LogP) is 4.05. The molecule has 2 aromatic rings. The van der Waals surface area contributed by atoms with Crippen LogP contribution in [0.2, 0.25) is 0 Å². The third-order valence-electron chi connectivity index (χ3n) is 2.68. The molecular weight excluding hydrogens is 246 g/mol. The van der Waals surface area contributed by atoms with E-state index in [1.54, 1.807) is 4.90 Å². The van der Waals surface area contributed by atoms with Gasteiger partial charge in [0.15, 0.2) is 0 Å². The highest BCUT2D eigenvalue weighted by molar-refractivity contribution is 6.62. The minimum absolute atomic E-state index is 0.428. The monoisotopic (exact) mass is 259 g/mol. The first kappa shape index (κ1) is 12.7. The van der Waals surface area contributed by atoms with Gasteiger partial charge in [0.1, 0.15) is 0 Å². The molecule has 0 aromatic heterocycles. The number of carbonyl (C=O) groups is 1. The molecule has 92 valence electrons. The zero-order valence-corrected chi connectivity index (χ0v) is 10.7. The van der Waals surface area contributed by atoms with Gasteiger partial charge in [-0.3, -0.25) is 4.79 Å². The van der Waals surface area contributed by atoms with E-state index in [0.717, 1.165) is 11.1 Å². The van der Waals surface area contributed by atoms with Crippen molar-refractivity contribution in [2.75, 3.05) is 0 Å². The maximum atomic E-state index is 11.4. The van der Waals surface area contributed by atoms with Crippen molar-refractivity contribution in [3.8, 4) is 0 Å². The fourth-order valence-electron chi connectivity index (χ4n) is 1.79. The van der Waals surface area contributed by atoms with Crippen LogP contribution in [-0.4, -0.2) is 10.3 Å². The first-order valence-electron chi connectivity index (χ1n) is 5.78. The Morgan fingerprint density at radius 1 is 0.833 bits per heavy atom.